The van der Waals surface area contributed by atoms with E-state index in [9.17, 15) is 4.79 Å². The molecule has 1 aromatic carbocycles. The van der Waals surface area contributed by atoms with Crippen LogP contribution in [0.15, 0.2) is 30.3 Å². The van der Waals surface area contributed by atoms with E-state index in [1.807, 2.05) is 19.1 Å². The van der Waals surface area contributed by atoms with E-state index in [0.717, 1.165) is 5.56 Å². The molecule has 0 radical (unpaired) electrons. The second-order valence-corrected chi connectivity index (χ2v) is 3.22. The summed E-state index contributed by atoms with van der Waals surface area (Å²) in [6.45, 7) is 2.52. The molecule has 0 bridgehead atoms. The van der Waals surface area contributed by atoms with Crippen LogP contribution in [0.5, 0.6) is 0 Å². The maximum absolute atomic E-state index is 11.1. The van der Waals surface area contributed by atoms with Crippen LogP contribution in [0.3, 0.4) is 0 Å². The molecule has 0 heterocycles. The lowest BCUT2D eigenvalue weighted by Gasteiger charge is -1.95. The lowest BCUT2D eigenvalue weighted by atomic mass is 10.2. The summed E-state index contributed by atoms with van der Waals surface area (Å²) in [5, 5.41) is 3.34. The number of halogens is 1. The molecule has 1 N–H and O–H groups in total. The summed E-state index contributed by atoms with van der Waals surface area (Å²) in [5.41, 5.74) is 0.920. The average Bonchev–Trinajstić information content (AvgIpc) is 2.15. The summed E-state index contributed by atoms with van der Waals surface area (Å²) in [6, 6.07) is 7.34. The van der Waals surface area contributed by atoms with Crippen molar-refractivity contribution in [3.63, 3.8) is 0 Å². The Labute approximate surface area is 88.6 Å². The van der Waals surface area contributed by atoms with Gasteiger partial charge in [-0.15, -0.1) is 0 Å². The SMILES string of the molecule is CCNC(=O)/C=C/c1cccc(Cl)c1. The van der Waals surface area contributed by atoms with Crippen LogP contribution in [-0.4, -0.2) is 12.5 Å². The van der Waals surface area contributed by atoms with Crippen molar-refractivity contribution in [3.05, 3.63) is 40.9 Å². The van der Waals surface area contributed by atoms with E-state index in [0.29, 0.717) is 11.6 Å². The Balaban J connectivity index is 2.64. The number of benzene rings is 1. The van der Waals surface area contributed by atoms with E-state index in [1.54, 1.807) is 18.2 Å². The lowest BCUT2D eigenvalue weighted by molar-refractivity contribution is -0.116. The van der Waals surface area contributed by atoms with Gasteiger partial charge in [-0.25, -0.2) is 0 Å². The van der Waals surface area contributed by atoms with Crippen molar-refractivity contribution < 1.29 is 4.79 Å². The van der Waals surface area contributed by atoms with Crippen molar-refractivity contribution in [2.24, 2.45) is 0 Å². The molecule has 74 valence electrons. The third-order valence-corrected chi connectivity index (χ3v) is 1.86. The molecular weight excluding hydrogens is 198 g/mol. The molecule has 0 atom stereocenters. The maximum Gasteiger partial charge on any atom is 0.243 e. The van der Waals surface area contributed by atoms with Gasteiger partial charge in [0.2, 0.25) is 5.91 Å². The van der Waals surface area contributed by atoms with E-state index in [-0.39, 0.29) is 5.91 Å². The van der Waals surface area contributed by atoms with Crippen molar-refractivity contribution in [1.29, 1.82) is 0 Å². The van der Waals surface area contributed by atoms with Gasteiger partial charge in [-0.2, -0.15) is 0 Å². The van der Waals surface area contributed by atoms with Crippen LogP contribution in [0.2, 0.25) is 5.02 Å². The van der Waals surface area contributed by atoms with E-state index < -0.39 is 0 Å². The van der Waals surface area contributed by atoms with Gasteiger partial charge in [0.15, 0.2) is 0 Å². The number of hydrogen-bond donors (Lipinski definition) is 1. The minimum Gasteiger partial charge on any atom is -0.353 e. The molecule has 0 unspecified atom stereocenters. The fraction of sp³-hybridized carbons (Fsp3) is 0.182. The van der Waals surface area contributed by atoms with E-state index in [4.69, 9.17) is 11.6 Å². The van der Waals surface area contributed by atoms with Crippen molar-refractivity contribution in [2.45, 2.75) is 6.92 Å². The van der Waals surface area contributed by atoms with Crippen molar-refractivity contribution >= 4 is 23.6 Å². The minimum absolute atomic E-state index is 0.0903. The van der Waals surface area contributed by atoms with Gasteiger partial charge < -0.3 is 5.32 Å². The quantitative estimate of drug-likeness (QED) is 0.762. The largest absolute Gasteiger partial charge is 0.353 e. The van der Waals surface area contributed by atoms with E-state index in [1.165, 1.54) is 6.08 Å². The van der Waals surface area contributed by atoms with Gasteiger partial charge in [-0.1, -0.05) is 23.7 Å². The Morgan fingerprint density at radius 1 is 1.57 bits per heavy atom. The number of carbonyl (C=O) groups is 1. The van der Waals surface area contributed by atoms with Crippen molar-refractivity contribution in [3.8, 4) is 0 Å². The normalized spacial score (nSPS) is 10.4. The molecule has 1 aromatic rings. The van der Waals surface area contributed by atoms with Crippen LogP contribution in [0, 0.1) is 0 Å². The monoisotopic (exact) mass is 209 g/mol. The highest BCUT2D eigenvalue weighted by molar-refractivity contribution is 6.30. The zero-order valence-corrected chi connectivity index (χ0v) is 8.71. The van der Waals surface area contributed by atoms with Crippen LogP contribution in [0.1, 0.15) is 12.5 Å². The third kappa shape index (κ3) is 3.62. The fourth-order valence-corrected chi connectivity index (χ4v) is 1.21. The van der Waals surface area contributed by atoms with Gasteiger partial charge in [-0.3, -0.25) is 4.79 Å². The topological polar surface area (TPSA) is 29.1 Å². The minimum atomic E-state index is -0.0903. The molecule has 0 aliphatic heterocycles. The van der Waals surface area contributed by atoms with Gasteiger partial charge in [0.1, 0.15) is 0 Å². The molecule has 0 saturated carbocycles. The summed E-state index contributed by atoms with van der Waals surface area (Å²) in [7, 11) is 0. The van der Waals surface area contributed by atoms with Crippen molar-refractivity contribution in [2.75, 3.05) is 6.54 Å². The zero-order chi connectivity index (χ0) is 10.4. The molecule has 0 aliphatic carbocycles. The Hall–Kier alpha value is -1.28. The lowest BCUT2D eigenvalue weighted by Crippen LogP contribution is -2.19. The first-order chi connectivity index (χ1) is 6.72. The predicted molar refractivity (Wildman–Crippen MR) is 59.2 cm³/mol. The summed E-state index contributed by atoms with van der Waals surface area (Å²) < 4.78 is 0. The second-order valence-electron chi connectivity index (χ2n) is 2.78. The van der Waals surface area contributed by atoms with Gasteiger partial charge in [0.05, 0.1) is 0 Å². The summed E-state index contributed by atoms with van der Waals surface area (Å²) in [5.74, 6) is -0.0903. The fourth-order valence-electron chi connectivity index (χ4n) is 1.02. The molecule has 2 nitrogen and oxygen atoms in total. The number of nitrogens with one attached hydrogen (secondary N) is 1. The Kier molecular flexibility index (Phi) is 4.20. The standard InChI is InChI=1S/C11H12ClNO/c1-2-13-11(14)7-6-9-4-3-5-10(12)8-9/h3-8H,2H2,1H3,(H,13,14)/b7-6+. The molecule has 0 spiro atoms. The second kappa shape index (κ2) is 5.45. The number of amides is 1. The highest BCUT2D eigenvalue weighted by atomic mass is 35.5. The summed E-state index contributed by atoms with van der Waals surface area (Å²) >= 11 is 5.79. The Bertz CT molecular complexity index is 347. The predicted octanol–water partition coefficient (Wildman–Crippen LogP) is 2.49. The van der Waals surface area contributed by atoms with E-state index >= 15 is 0 Å². The number of carbonyl (C=O) groups excluding carboxylic acids is 1. The molecule has 0 aromatic heterocycles. The van der Waals surface area contributed by atoms with Crippen LogP contribution in [0.4, 0.5) is 0 Å². The molecule has 3 heteroatoms. The Morgan fingerprint density at radius 2 is 2.36 bits per heavy atom. The highest BCUT2D eigenvalue weighted by Gasteiger charge is 1.92. The van der Waals surface area contributed by atoms with Crippen LogP contribution >= 0.6 is 11.6 Å². The molecule has 0 fully saturated rings. The first kappa shape index (κ1) is 10.8. The summed E-state index contributed by atoms with van der Waals surface area (Å²) in [6.07, 6.45) is 3.23. The first-order valence-electron chi connectivity index (χ1n) is 4.44. The molecule has 14 heavy (non-hydrogen) atoms. The number of likely N-dealkylation sites (N-methyl/N-ethyl adjacent to an activating group) is 1. The smallest absolute Gasteiger partial charge is 0.243 e. The zero-order valence-electron chi connectivity index (χ0n) is 7.96. The maximum atomic E-state index is 11.1. The van der Waals surface area contributed by atoms with Crippen molar-refractivity contribution in [1.82, 2.24) is 5.32 Å². The van der Waals surface area contributed by atoms with Gasteiger partial charge in [0.25, 0.3) is 0 Å². The molecule has 1 rings (SSSR count). The first-order valence-corrected chi connectivity index (χ1v) is 4.81. The Morgan fingerprint density at radius 3 is 3.00 bits per heavy atom. The van der Waals surface area contributed by atoms with Gasteiger partial charge in [-0.05, 0) is 30.7 Å². The van der Waals surface area contributed by atoms with Crippen LogP contribution in [-0.2, 0) is 4.79 Å². The third-order valence-electron chi connectivity index (χ3n) is 1.63. The molecular formula is C11H12ClNO. The number of rotatable bonds is 3. The molecule has 0 saturated heterocycles. The van der Waals surface area contributed by atoms with Gasteiger partial charge >= 0.3 is 0 Å². The number of hydrogen-bond acceptors (Lipinski definition) is 1. The molecule has 0 aliphatic rings. The summed E-state index contributed by atoms with van der Waals surface area (Å²) in [4.78, 5) is 11.1. The average molecular weight is 210 g/mol. The highest BCUT2D eigenvalue weighted by Crippen LogP contribution is 2.11. The van der Waals surface area contributed by atoms with E-state index in [2.05, 4.69) is 5.32 Å². The van der Waals surface area contributed by atoms with Crippen LogP contribution in [0.25, 0.3) is 6.08 Å². The molecule has 1 amide bonds. The van der Waals surface area contributed by atoms with Crippen LogP contribution < -0.4 is 5.32 Å². The van der Waals surface area contributed by atoms with Gasteiger partial charge in [0, 0.05) is 17.6 Å².